The molecule has 8 heteroatoms. The van der Waals surface area contributed by atoms with Gasteiger partial charge in [0.15, 0.2) is 0 Å². The number of anilines is 1. The average Bonchev–Trinajstić information content (AvgIpc) is 2.85. The minimum absolute atomic E-state index is 0.216. The van der Waals surface area contributed by atoms with Crippen LogP contribution >= 0.6 is 11.8 Å². The van der Waals surface area contributed by atoms with Gasteiger partial charge >= 0.3 is 0 Å². The molecule has 2 amide bonds. The number of nitrogens with one attached hydrogen (secondary N) is 2. The topological polar surface area (TPSA) is 76.7 Å². The Morgan fingerprint density at radius 3 is 2.59 bits per heavy atom. The van der Waals surface area contributed by atoms with E-state index < -0.39 is 6.04 Å². The van der Waals surface area contributed by atoms with Gasteiger partial charge in [-0.2, -0.15) is 11.8 Å². The van der Waals surface area contributed by atoms with Crippen LogP contribution in [0.25, 0.3) is 0 Å². The predicted molar refractivity (Wildman–Crippen MR) is 133 cm³/mol. The molecule has 0 spiro atoms. The Labute approximate surface area is 202 Å². The number of halogens is 1. The second kappa shape index (κ2) is 12.6. The molecule has 2 N–H and O–H groups in total. The highest BCUT2D eigenvalue weighted by Gasteiger charge is 2.23. The highest BCUT2D eigenvalue weighted by molar-refractivity contribution is 7.98. The first-order valence-corrected chi connectivity index (χ1v) is 12.1. The van der Waals surface area contributed by atoms with Gasteiger partial charge in [-0.25, -0.2) is 4.39 Å². The van der Waals surface area contributed by atoms with Crippen molar-refractivity contribution in [2.45, 2.75) is 19.1 Å². The van der Waals surface area contributed by atoms with Gasteiger partial charge in [0.25, 0.3) is 5.91 Å². The van der Waals surface area contributed by atoms with Gasteiger partial charge in [-0.1, -0.05) is 30.3 Å². The summed E-state index contributed by atoms with van der Waals surface area (Å²) in [6.07, 6.45) is 2.41. The lowest BCUT2D eigenvalue weighted by atomic mass is 10.1. The molecule has 1 atom stereocenters. The second-order valence-corrected chi connectivity index (χ2v) is 8.43. The highest BCUT2D eigenvalue weighted by Crippen LogP contribution is 2.19. The maximum absolute atomic E-state index is 13.3. The van der Waals surface area contributed by atoms with Crippen molar-refractivity contribution >= 4 is 29.3 Å². The molecule has 178 valence electrons. The Bertz CT molecular complexity index is 1130. The maximum atomic E-state index is 13.3. The summed E-state index contributed by atoms with van der Waals surface area (Å²) in [5.74, 6) is 0.494. The van der Waals surface area contributed by atoms with E-state index in [4.69, 9.17) is 9.47 Å². The number of amides is 2. The lowest BCUT2D eigenvalue weighted by molar-refractivity contribution is -0.118. The van der Waals surface area contributed by atoms with E-state index in [1.807, 2.05) is 12.3 Å². The number of carbonyl (C=O) groups is 2. The smallest absolute Gasteiger partial charge is 0.255 e. The number of hydrogen-bond acceptors (Lipinski definition) is 5. The predicted octanol–water partition coefficient (Wildman–Crippen LogP) is 4.90. The van der Waals surface area contributed by atoms with Gasteiger partial charge in [-0.05, 0) is 60.4 Å². The second-order valence-electron chi connectivity index (χ2n) is 7.44. The van der Waals surface area contributed by atoms with E-state index in [1.54, 1.807) is 66.4 Å². The summed E-state index contributed by atoms with van der Waals surface area (Å²) in [7, 11) is 1.50. The number of para-hydroxylation sites is 1. The minimum atomic E-state index is -0.725. The fraction of sp³-hybridized carbons (Fsp3) is 0.231. The third kappa shape index (κ3) is 7.25. The highest BCUT2D eigenvalue weighted by atomic mass is 32.2. The Morgan fingerprint density at radius 2 is 1.82 bits per heavy atom. The van der Waals surface area contributed by atoms with Crippen molar-refractivity contribution in [1.82, 2.24) is 5.32 Å². The van der Waals surface area contributed by atoms with E-state index in [1.165, 1.54) is 19.2 Å². The van der Waals surface area contributed by atoms with Crippen LogP contribution in [0.15, 0.2) is 72.8 Å². The Balaban J connectivity index is 1.66. The summed E-state index contributed by atoms with van der Waals surface area (Å²) in [5.41, 5.74) is 1.75. The summed E-state index contributed by atoms with van der Waals surface area (Å²) >= 11 is 1.59. The lowest BCUT2D eigenvalue weighted by Crippen LogP contribution is -2.44. The largest absolute Gasteiger partial charge is 0.496 e. The van der Waals surface area contributed by atoms with Gasteiger partial charge in [0.1, 0.15) is 30.0 Å². The molecule has 0 saturated carbocycles. The first-order chi connectivity index (χ1) is 16.5. The quantitative estimate of drug-likeness (QED) is 0.406. The molecule has 0 heterocycles. The molecular formula is C26H27FN2O4S. The number of carbonyl (C=O) groups excluding carboxylic acids is 2. The molecule has 6 nitrogen and oxygen atoms in total. The zero-order valence-electron chi connectivity index (χ0n) is 19.0. The van der Waals surface area contributed by atoms with Crippen LogP contribution in [0.3, 0.4) is 0 Å². The summed E-state index contributed by atoms with van der Waals surface area (Å²) in [6, 6.07) is 19.3. The van der Waals surface area contributed by atoms with Gasteiger partial charge in [0.05, 0.1) is 12.7 Å². The average molecular weight is 483 g/mol. The summed E-state index contributed by atoms with van der Waals surface area (Å²) in [6.45, 7) is 0.216. The Morgan fingerprint density at radius 1 is 1.03 bits per heavy atom. The van der Waals surface area contributed by atoms with Crippen LogP contribution in [0.1, 0.15) is 22.3 Å². The van der Waals surface area contributed by atoms with E-state index in [2.05, 4.69) is 10.6 Å². The minimum Gasteiger partial charge on any atom is -0.496 e. The number of hydrogen-bond donors (Lipinski definition) is 2. The number of ether oxygens (including phenoxy) is 2. The van der Waals surface area contributed by atoms with Crippen LogP contribution in [0, 0.1) is 5.82 Å². The van der Waals surface area contributed by atoms with Crippen molar-refractivity contribution in [3.05, 3.63) is 89.7 Å². The van der Waals surface area contributed by atoms with Crippen LogP contribution < -0.4 is 20.1 Å². The standard InChI is InChI=1S/C26H27FN2O4S/c1-32-24-12-4-3-11-22(24)25(30)29-23(13-14-34-2)26(31)28-20-9-5-7-18(15-20)17-33-21-10-6-8-19(27)16-21/h3-12,15-16,23H,13-14,17H2,1-2H3,(H,28,31)(H,29,30). The zero-order chi connectivity index (χ0) is 24.3. The fourth-order valence-electron chi connectivity index (χ4n) is 3.26. The molecule has 0 aliphatic carbocycles. The van der Waals surface area contributed by atoms with Crippen LogP contribution in [0.2, 0.25) is 0 Å². The first-order valence-electron chi connectivity index (χ1n) is 10.7. The van der Waals surface area contributed by atoms with Crippen molar-refractivity contribution in [2.24, 2.45) is 0 Å². The number of methoxy groups -OCH3 is 1. The number of rotatable bonds is 11. The molecule has 0 aromatic heterocycles. The van der Waals surface area contributed by atoms with Crippen molar-refractivity contribution in [1.29, 1.82) is 0 Å². The van der Waals surface area contributed by atoms with E-state index >= 15 is 0 Å². The van der Waals surface area contributed by atoms with Crippen LogP contribution in [0.4, 0.5) is 10.1 Å². The van der Waals surface area contributed by atoms with Crippen molar-refractivity contribution in [3.63, 3.8) is 0 Å². The molecule has 0 aliphatic rings. The fourth-order valence-corrected chi connectivity index (χ4v) is 3.74. The van der Waals surface area contributed by atoms with Crippen molar-refractivity contribution in [3.8, 4) is 11.5 Å². The summed E-state index contributed by atoms with van der Waals surface area (Å²) in [5, 5.41) is 5.70. The molecule has 0 saturated heterocycles. The van der Waals surface area contributed by atoms with Crippen molar-refractivity contribution < 1.29 is 23.5 Å². The van der Waals surface area contributed by atoms with Crippen LogP contribution in [0.5, 0.6) is 11.5 Å². The molecule has 3 rings (SSSR count). The molecule has 3 aromatic carbocycles. The van der Waals surface area contributed by atoms with Crippen molar-refractivity contribution in [2.75, 3.05) is 24.4 Å². The van der Waals surface area contributed by atoms with Crippen LogP contribution in [-0.4, -0.2) is 37.0 Å². The summed E-state index contributed by atoms with van der Waals surface area (Å²) < 4.78 is 24.2. The van der Waals surface area contributed by atoms with E-state index in [0.29, 0.717) is 34.9 Å². The van der Waals surface area contributed by atoms with Gasteiger partial charge in [-0.3, -0.25) is 9.59 Å². The molecule has 0 aliphatic heterocycles. The third-order valence-electron chi connectivity index (χ3n) is 4.98. The van der Waals surface area contributed by atoms with Gasteiger partial charge in [-0.15, -0.1) is 0 Å². The molecule has 0 radical (unpaired) electrons. The monoisotopic (exact) mass is 482 g/mol. The Kier molecular flexibility index (Phi) is 9.34. The molecule has 34 heavy (non-hydrogen) atoms. The number of thioether (sulfide) groups is 1. The number of benzene rings is 3. The third-order valence-corrected chi connectivity index (χ3v) is 5.62. The Hall–Kier alpha value is -3.52. The lowest BCUT2D eigenvalue weighted by Gasteiger charge is -2.19. The first kappa shape index (κ1) is 25.1. The molecule has 3 aromatic rings. The van der Waals surface area contributed by atoms with Gasteiger partial charge < -0.3 is 20.1 Å². The van der Waals surface area contributed by atoms with E-state index in [9.17, 15) is 14.0 Å². The maximum Gasteiger partial charge on any atom is 0.255 e. The molecule has 0 bridgehead atoms. The van der Waals surface area contributed by atoms with Gasteiger partial charge in [0.2, 0.25) is 5.91 Å². The molecule has 1 unspecified atom stereocenters. The SMILES string of the molecule is COc1ccccc1C(=O)NC(CCSC)C(=O)Nc1cccc(COc2cccc(F)c2)c1. The van der Waals surface area contributed by atoms with Crippen LogP contribution in [-0.2, 0) is 11.4 Å². The van der Waals surface area contributed by atoms with E-state index in [-0.39, 0.29) is 24.2 Å². The van der Waals surface area contributed by atoms with Gasteiger partial charge in [0, 0.05) is 11.8 Å². The normalized spacial score (nSPS) is 11.4. The van der Waals surface area contributed by atoms with E-state index in [0.717, 1.165) is 5.56 Å². The summed E-state index contributed by atoms with van der Waals surface area (Å²) in [4.78, 5) is 25.9. The molecule has 0 fully saturated rings. The zero-order valence-corrected chi connectivity index (χ0v) is 19.9. The molecular weight excluding hydrogens is 455 g/mol.